The van der Waals surface area contributed by atoms with Gasteiger partial charge >= 0.3 is 17.9 Å². The molecule has 0 aromatic carbocycles. The minimum absolute atomic E-state index is 0.181. The fourth-order valence-electron chi connectivity index (χ4n) is 5.54. The average molecular weight is 801 g/mol. The molecule has 0 rings (SSSR count). The third-order valence-electron chi connectivity index (χ3n) is 8.98. The predicted molar refractivity (Wildman–Crippen MR) is 235 cm³/mol. The van der Waals surface area contributed by atoms with Gasteiger partial charge in [0.25, 0.3) is 6.29 Å². The van der Waals surface area contributed by atoms with E-state index in [0.29, 0.717) is 23.9 Å². The standard InChI is InChI=1S/C48H81NO8/c1-6-8-10-12-14-15-16-17-18-19-20-21-22-23-24-25-26-27-28-29-30-31-33-35-37-39-46(51)57-44(42-55-45(50)38-36-34-32-13-11-9-7-2)43-56-48(47(52)53)54-41-40-49(3,4)5/h8,10,14-15,17-18,20-21,23-24,26-27,44,48H,6-7,9,11-13,16,19,22,25,28-43H2,1-5H3/p+1/b10-8-,15-14-,18-17-,21-20-,24-23-,27-26-. The van der Waals surface area contributed by atoms with E-state index < -0.39 is 24.3 Å². The van der Waals surface area contributed by atoms with E-state index in [1.165, 1.54) is 25.7 Å². The Labute approximate surface area is 347 Å². The number of rotatable bonds is 39. The lowest BCUT2D eigenvalue weighted by atomic mass is 10.1. The van der Waals surface area contributed by atoms with Crippen LogP contribution in [0.15, 0.2) is 72.9 Å². The number of unbranched alkanes of at least 4 members (excludes halogenated alkanes) is 12. The van der Waals surface area contributed by atoms with Gasteiger partial charge in [-0.1, -0.05) is 151 Å². The molecule has 0 aromatic heterocycles. The van der Waals surface area contributed by atoms with Gasteiger partial charge in [-0.25, -0.2) is 4.79 Å². The number of quaternary nitrogens is 1. The molecule has 0 aliphatic carbocycles. The van der Waals surface area contributed by atoms with E-state index in [2.05, 4.69) is 86.8 Å². The summed E-state index contributed by atoms with van der Waals surface area (Å²) in [6, 6.07) is 0. The molecule has 0 aliphatic rings. The predicted octanol–water partition coefficient (Wildman–Crippen LogP) is 11.6. The summed E-state index contributed by atoms with van der Waals surface area (Å²) in [7, 11) is 5.93. The van der Waals surface area contributed by atoms with Crippen LogP contribution in [0, 0.1) is 0 Å². The number of esters is 2. The van der Waals surface area contributed by atoms with Gasteiger partial charge < -0.3 is 28.5 Å². The minimum atomic E-state index is -1.51. The number of carboxylic acid groups (broad SMARTS) is 1. The number of hydrogen-bond acceptors (Lipinski definition) is 7. The summed E-state index contributed by atoms with van der Waals surface area (Å²) in [5.74, 6) is -2.05. The molecule has 0 heterocycles. The van der Waals surface area contributed by atoms with Crippen molar-refractivity contribution in [3.05, 3.63) is 72.9 Å². The van der Waals surface area contributed by atoms with Gasteiger partial charge in [-0.2, -0.15) is 0 Å². The number of carboxylic acids is 1. The molecule has 0 spiro atoms. The molecular weight excluding hydrogens is 719 g/mol. The van der Waals surface area contributed by atoms with Crippen LogP contribution in [0.25, 0.3) is 0 Å². The highest BCUT2D eigenvalue weighted by Gasteiger charge is 2.25. The Morgan fingerprint density at radius 3 is 1.49 bits per heavy atom. The van der Waals surface area contributed by atoms with E-state index in [-0.39, 0.29) is 32.2 Å². The van der Waals surface area contributed by atoms with Crippen LogP contribution in [0.5, 0.6) is 0 Å². The van der Waals surface area contributed by atoms with Crippen LogP contribution >= 0.6 is 0 Å². The molecule has 0 saturated heterocycles. The van der Waals surface area contributed by atoms with E-state index in [1.807, 2.05) is 21.1 Å². The summed E-state index contributed by atoms with van der Waals surface area (Å²) in [4.78, 5) is 36.9. The first kappa shape index (κ1) is 53.7. The summed E-state index contributed by atoms with van der Waals surface area (Å²) in [5, 5.41) is 9.60. The smallest absolute Gasteiger partial charge is 0.361 e. The first-order valence-electron chi connectivity index (χ1n) is 22.1. The zero-order valence-corrected chi connectivity index (χ0v) is 36.7. The van der Waals surface area contributed by atoms with E-state index in [1.54, 1.807) is 0 Å². The number of likely N-dealkylation sites (N-methyl/N-ethyl adjacent to an activating group) is 1. The fraction of sp³-hybridized carbons (Fsp3) is 0.688. The maximum atomic E-state index is 12.7. The normalized spacial score (nSPS) is 13.6. The van der Waals surface area contributed by atoms with E-state index in [4.69, 9.17) is 18.9 Å². The quantitative estimate of drug-likeness (QED) is 0.0215. The van der Waals surface area contributed by atoms with Crippen molar-refractivity contribution in [2.45, 2.75) is 167 Å². The molecule has 2 atom stereocenters. The minimum Gasteiger partial charge on any atom is -0.477 e. The van der Waals surface area contributed by atoms with Crippen LogP contribution in [0.1, 0.15) is 155 Å². The molecular formula is C48H82NO8+. The molecule has 9 nitrogen and oxygen atoms in total. The lowest BCUT2D eigenvalue weighted by Gasteiger charge is -2.25. The third kappa shape index (κ3) is 40.7. The zero-order valence-electron chi connectivity index (χ0n) is 36.7. The molecule has 0 aromatic rings. The molecule has 0 fully saturated rings. The number of ether oxygens (including phenoxy) is 4. The Hall–Kier alpha value is -3.27. The lowest BCUT2D eigenvalue weighted by Crippen LogP contribution is -2.40. The summed E-state index contributed by atoms with van der Waals surface area (Å²) in [5.41, 5.74) is 0. The number of nitrogens with zero attached hydrogens (tertiary/aromatic N) is 1. The highest BCUT2D eigenvalue weighted by Crippen LogP contribution is 2.12. The zero-order chi connectivity index (χ0) is 42.1. The van der Waals surface area contributed by atoms with Crippen LogP contribution in [-0.4, -0.2) is 87.4 Å². The molecule has 9 heteroatoms. The second-order valence-corrected chi connectivity index (χ2v) is 15.6. The average Bonchev–Trinajstić information content (AvgIpc) is 3.17. The molecule has 2 unspecified atom stereocenters. The van der Waals surface area contributed by atoms with Gasteiger partial charge in [-0.3, -0.25) is 9.59 Å². The largest absolute Gasteiger partial charge is 0.477 e. The van der Waals surface area contributed by atoms with Crippen molar-refractivity contribution >= 4 is 17.9 Å². The van der Waals surface area contributed by atoms with Crippen LogP contribution in [0.3, 0.4) is 0 Å². The van der Waals surface area contributed by atoms with Crippen molar-refractivity contribution in [1.82, 2.24) is 0 Å². The van der Waals surface area contributed by atoms with Crippen LogP contribution < -0.4 is 0 Å². The number of carbonyl (C=O) groups excluding carboxylic acids is 2. The van der Waals surface area contributed by atoms with E-state index >= 15 is 0 Å². The molecule has 1 N–H and O–H groups in total. The maximum absolute atomic E-state index is 12.7. The van der Waals surface area contributed by atoms with Gasteiger partial charge in [0.2, 0.25) is 0 Å². The van der Waals surface area contributed by atoms with Crippen molar-refractivity contribution in [3.8, 4) is 0 Å². The molecule has 0 aliphatic heterocycles. The van der Waals surface area contributed by atoms with Crippen LogP contribution in [-0.2, 0) is 33.3 Å². The van der Waals surface area contributed by atoms with Gasteiger partial charge in [0.05, 0.1) is 34.4 Å². The van der Waals surface area contributed by atoms with Crippen molar-refractivity contribution < 1.29 is 42.9 Å². The lowest BCUT2D eigenvalue weighted by molar-refractivity contribution is -0.870. The first-order valence-corrected chi connectivity index (χ1v) is 22.1. The molecule has 0 radical (unpaired) electrons. The van der Waals surface area contributed by atoms with Crippen molar-refractivity contribution in [1.29, 1.82) is 0 Å². The molecule has 0 bridgehead atoms. The number of hydrogen-bond donors (Lipinski definition) is 1. The number of carbonyl (C=O) groups is 3. The SMILES string of the molecule is CC/C=C\C/C=C\C/C=C\C/C=C\C/C=C\C/C=C\CCCCCCCCC(=O)OC(COC(=O)CCCCCCCCC)COC(OCC[N+](C)(C)C)C(=O)O. The Bertz CT molecular complexity index is 1160. The van der Waals surface area contributed by atoms with Gasteiger partial charge in [-0.05, 0) is 64.2 Å². The van der Waals surface area contributed by atoms with Crippen molar-refractivity contribution in [2.75, 3.05) is 47.5 Å². The van der Waals surface area contributed by atoms with Crippen LogP contribution in [0.4, 0.5) is 0 Å². The van der Waals surface area contributed by atoms with E-state index in [9.17, 15) is 19.5 Å². The highest BCUT2D eigenvalue weighted by molar-refractivity contribution is 5.71. The number of aliphatic carboxylic acids is 1. The topological polar surface area (TPSA) is 108 Å². The summed E-state index contributed by atoms with van der Waals surface area (Å²) in [6.45, 7) is 4.66. The van der Waals surface area contributed by atoms with Crippen molar-refractivity contribution in [2.24, 2.45) is 0 Å². The van der Waals surface area contributed by atoms with Gasteiger partial charge in [0.1, 0.15) is 13.2 Å². The second kappa shape index (κ2) is 39.6. The summed E-state index contributed by atoms with van der Waals surface area (Å²) < 4.78 is 22.6. The monoisotopic (exact) mass is 801 g/mol. The summed E-state index contributed by atoms with van der Waals surface area (Å²) >= 11 is 0. The molecule has 326 valence electrons. The summed E-state index contributed by atoms with van der Waals surface area (Å²) in [6.07, 6.45) is 45.5. The van der Waals surface area contributed by atoms with Gasteiger partial charge in [0, 0.05) is 12.8 Å². The van der Waals surface area contributed by atoms with Crippen molar-refractivity contribution in [3.63, 3.8) is 0 Å². The number of allylic oxidation sites excluding steroid dienone is 12. The second-order valence-electron chi connectivity index (χ2n) is 15.6. The Morgan fingerprint density at radius 1 is 0.544 bits per heavy atom. The Morgan fingerprint density at radius 2 is 1.00 bits per heavy atom. The van der Waals surface area contributed by atoms with E-state index in [0.717, 1.165) is 96.3 Å². The Kier molecular flexibility index (Phi) is 37.3. The molecule has 0 saturated carbocycles. The molecule has 57 heavy (non-hydrogen) atoms. The van der Waals surface area contributed by atoms with Crippen LogP contribution in [0.2, 0.25) is 0 Å². The first-order chi connectivity index (χ1) is 27.6. The third-order valence-corrected chi connectivity index (χ3v) is 8.98. The van der Waals surface area contributed by atoms with Gasteiger partial charge in [-0.15, -0.1) is 0 Å². The molecule has 0 amide bonds. The fourth-order valence-corrected chi connectivity index (χ4v) is 5.54. The maximum Gasteiger partial charge on any atom is 0.361 e. The highest BCUT2D eigenvalue weighted by atomic mass is 16.7. The van der Waals surface area contributed by atoms with Gasteiger partial charge in [0.15, 0.2) is 6.10 Å². The Balaban J connectivity index is 4.33.